The second-order valence-corrected chi connectivity index (χ2v) is 4.73. The number of carbonyl (C=O) groups is 1. The van der Waals surface area contributed by atoms with Crippen molar-refractivity contribution in [2.45, 2.75) is 25.8 Å². The fourth-order valence-corrected chi connectivity index (χ4v) is 2.23. The zero-order valence-corrected chi connectivity index (χ0v) is 10.5. The Hall–Kier alpha value is -1.61. The van der Waals surface area contributed by atoms with Gasteiger partial charge in [-0.1, -0.05) is 42.0 Å². The van der Waals surface area contributed by atoms with E-state index in [1.807, 2.05) is 6.07 Å². The van der Waals surface area contributed by atoms with Crippen LogP contribution in [0.4, 0.5) is 0 Å². The highest BCUT2D eigenvalue weighted by atomic mass is 16.4. The Balaban J connectivity index is 1.81. The Kier molecular flexibility index (Phi) is 4.53. The molecule has 0 bridgehead atoms. The molecule has 0 unspecified atom stereocenters. The molecule has 3 nitrogen and oxygen atoms in total. The summed E-state index contributed by atoms with van der Waals surface area (Å²) in [6.45, 7) is 2.94. The van der Waals surface area contributed by atoms with Crippen molar-refractivity contribution in [3.05, 3.63) is 47.5 Å². The maximum absolute atomic E-state index is 10.5. The maximum Gasteiger partial charge on any atom is 0.303 e. The Morgan fingerprint density at radius 2 is 2.06 bits per heavy atom. The van der Waals surface area contributed by atoms with Gasteiger partial charge in [-0.05, 0) is 18.4 Å². The van der Waals surface area contributed by atoms with E-state index in [2.05, 4.69) is 35.2 Å². The summed E-state index contributed by atoms with van der Waals surface area (Å²) in [5.74, 6) is -0.706. The number of rotatable bonds is 5. The lowest BCUT2D eigenvalue weighted by Gasteiger charge is -2.26. The van der Waals surface area contributed by atoms with E-state index in [0.29, 0.717) is 6.42 Å². The molecular formula is C15H19NO2. The van der Waals surface area contributed by atoms with E-state index in [0.717, 1.165) is 26.1 Å². The molecule has 1 N–H and O–H groups in total. The molecule has 3 heteroatoms. The molecule has 0 saturated carbocycles. The van der Waals surface area contributed by atoms with Crippen LogP contribution in [0.5, 0.6) is 0 Å². The highest BCUT2D eigenvalue weighted by Crippen LogP contribution is 2.17. The summed E-state index contributed by atoms with van der Waals surface area (Å²) in [5, 5.41) is 8.65. The Bertz CT molecular complexity index is 425. The maximum atomic E-state index is 10.5. The Morgan fingerprint density at radius 3 is 2.67 bits per heavy atom. The van der Waals surface area contributed by atoms with Gasteiger partial charge in [0.05, 0.1) is 0 Å². The predicted molar refractivity (Wildman–Crippen MR) is 71.3 cm³/mol. The molecule has 1 aliphatic rings. The van der Waals surface area contributed by atoms with Gasteiger partial charge in [-0.25, -0.2) is 0 Å². The largest absolute Gasteiger partial charge is 0.481 e. The third kappa shape index (κ3) is 4.00. The minimum absolute atomic E-state index is 0.254. The average Bonchev–Trinajstić information content (AvgIpc) is 2.39. The van der Waals surface area contributed by atoms with Crippen molar-refractivity contribution in [2.75, 3.05) is 13.1 Å². The predicted octanol–water partition coefficient (Wildman–Crippen LogP) is 2.68. The minimum Gasteiger partial charge on any atom is -0.481 e. The highest BCUT2D eigenvalue weighted by molar-refractivity contribution is 5.67. The molecule has 0 atom stereocenters. The van der Waals surface area contributed by atoms with Crippen LogP contribution in [-0.4, -0.2) is 29.1 Å². The molecule has 0 aliphatic carbocycles. The SMILES string of the molecule is O=C(O)CCC1=CCN(Cc2ccccc2)CC1. The molecule has 2 rings (SSSR count). The van der Waals surface area contributed by atoms with E-state index in [1.165, 1.54) is 11.1 Å². The standard InChI is InChI=1S/C15H19NO2/c17-15(18)7-6-13-8-10-16(11-9-13)12-14-4-2-1-3-5-14/h1-5,8H,6-7,9-12H2,(H,17,18). The van der Waals surface area contributed by atoms with Gasteiger partial charge in [0.1, 0.15) is 0 Å². The monoisotopic (exact) mass is 245 g/mol. The summed E-state index contributed by atoms with van der Waals surface area (Å²) in [4.78, 5) is 12.9. The fourth-order valence-electron chi connectivity index (χ4n) is 2.23. The van der Waals surface area contributed by atoms with Crippen LogP contribution in [0.3, 0.4) is 0 Å². The van der Waals surface area contributed by atoms with Gasteiger partial charge < -0.3 is 5.11 Å². The smallest absolute Gasteiger partial charge is 0.303 e. The van der Waals surface area contributed by atoms with Crippen molar-refractivity contribution in [1.29, 1.82) is 0 Å². The molecule has 0 amide bonds. The summed E-state index contributed by atoms with van der Waals surface area (Å²) in [6.07, 6.45) is 4.15. The number of hydrogen-bond donors (Lipinski definition) is 1. The normalized spacial score (nSPS) is 16.3. The number of aliphatic carboxylic acids is 1. The van der Waals surface area contributed by atoms with Gasteiger partial charge in [-0.2, -0.15) is 0 Å². The first-order valence-electron chi connectivity index (χ1n) is 6.40. The van der Waals surface area contributed by atoms with Crippen molar-refractivity contribution in [1.82, 2.24) is 4.90 Å². The van der Waals surface area contributed by atoms with Gasteiger partial charge in [-0.3, -0.25) is 9.69 Å². The van der Waals surface area contributed by atoms with Crippen LogP contribution in [0.1, 0.15) is 24.8 Å². The van der Waals surface area contributed by atoms with Gasteiger partial charge in [-0.15, -0.1) is 0 Å². The Morgan fingerprint density at radius 1 is 1.28 bits per heavy atom. The molecule has 1 aromatic rings. The third-order valence-electron chi connectivity index (χ3n) is 3.30. The molecule has 1 aliphatic heterocycles. The highest BCUT2D eigenvalue weighted by Gasteiger charge is 2.12. The third-order valence-corrected chi connectivity index (χ3v) is 3.30. The zero-order chi connectivity index (χ0) is 12.8. The van der Waals surface area contributed by atoms with Crippen LogP contribution >= 0.6 is 0 Å². The molecule has 1 aromatic carbocycles. The van der Waals surface area contributed by atoms with E-state index >= 15 is 0 Å². The molecular weight excluding hydrogens is 226 g/mol. The summed E-state index contributed by atoms with van der Waals surface area (Å²) >= 11 is 0. The van der Waals surface area contributed by atoms with Crippen molar-refractivity contribution < 1.29 is 9.90 Å². The van der Waals surface area contributed by atoms with Crippen LogP contribution < -0.4 is 0 Å². The van der Waals surface area contributed by atoms with Gasteiger partial charge >= 0.3 is 5.97 Å². The number of hydrogen-bond acceptors (Lipinski definition) is 2. The van der Waals surface area contributed by atoms with E-state index in [-0.39, 0.29) is 6.42 Å². The van der Waals surface area contributed by atoms with Crippen LogP contribution in [0.15, 0.2) is 42.0 Å². The zero-order valence-electron chi connectivity index (χ0n) is 10.5. The Labute approximate surface area is 108 Å². The lowest BCUT2D eigenvalue weighted by atomic mass is 10.0. The molecule has 18 heavy (non-hydrogen) atoms. The summed E-state index contributed by atoms with van der Waals surface area (Å²) < 4.78 is 0. The van der Waals surface area contributed by atoms with Crippen LogP contribution in [0.25, 0.3) is 0 Å². The number of benzene rings is 1. The molecule has 0 spiro atoms. The molecule has 0 aromatic heterocycles. The summed E-state index contributed by atoms with van der Waals surface area (Å²) in [5.41, 5.74) is 2.63. The quantitative estimate of drug-likeness (QED) is 0.811. The molecule has 0 saturated heterocycles. The van der Waals surface area contributed by atoms with Crippen molar-refractivity contribution in [3.8, 4) is 0 Å². The first-order chi connectivity index (χ1) is 8.74. The molecule has 0 radical (unpaired) electrons. The number of carboxylic acid groups (broad SMARTS) is 1. The second kappa shape index (κ2) is 6.36. The lowest BCUT2D eigenvalue weighted by molar-refractivity contribution is -0.136. The first kappa shape index (κ1) is 12.8. The molecule has 1 heterocycles. The van der Waals surface area contributed by atoms with Crippen molar-refractivity contribution in [2.24, 2.45) is 0 Å². The number of nitrogens with zero attached hydrogens (tertiary/aromatic N) is 1. The van der Waals surface area contributed by atoms with Crippen LogP contribution in [0.2, 0.25) is 0 Å². The summed E-state index contributed by atoms with van der Waals surface area (Å²) in [6, 6.07) is 10.4. The average molecular weight is 245 g/mol. The van der Waals surface area contributed by atoms with E-state index < -0.39 is 5.97 Å². The first-order valence-corrected chi connectivity index (χ1v) is 6.40. The van der Waals surface area contributed by atoms with Gasteiger partial charge in [0.2, 0.25) is 0 Å². The topological polar surface area (TPSA) is 40.5 Å². The van der Waals surface area contributed by atoms with Gasteiger partial charge in [0, 0.05) is 26.1 Å². The van der Waals surface area contributed by atoms with E-state index in [9.17, 15) is 4.79 Å². The van der Waals surface area contributed by atoms with Gasteiger partial charge in [0.25, 0.3) is 0 Å². The molecule has 0 fully saturated rings. The van der Waals surface area contributed by atoms with Crippen molar-refractivity contribution in [3.63, 3.8) is 0 Å². The van der Waals surface area contributed by atoms with E-state index in [1.54, 1.807) is 0 Å². The molecule has 96 valence electrons. The minimum atomic E-state index is -0.706. The van der Waals surface area contributed by atoms with Crippen LogP contribution in [0, 0.1) is 0 Å². The second-order valence-electron chi connectivity index (χ2n) is 4.73. The lowest BCUT2D eigenvalue weighted by Crippen LogP contribution is -2.28. The fraction of sp³-hybridized carbons (Fsp3) is 0.400. The van der Waals surface area contributed by atoms with Crippen molar-refractivity contribution >= 4 is 5.97 Å². The summed E-state index contributed by atoms with van der Waals surface area (Å²) in [7, 11) is 0. The van der Waals surface area contributed by atoms with Crippen LogP contribution in [-0.2, 0) is 11.3 Å². The van der Waals surface area contributed by atoms with E-state index in [4.69, 9.17) is 5.11 Å². The number of carboxylic acids is 1. The van der Waals surface area contributed by atoms with Gasteiger partial charge in [0.15, 0.2) is 0 Å².